The van der Waals surface area contributed by atoms with Crippen molar-refractivity contribution in [3.63, 3.8) is 0 Å². The Kier molecular flexibility index (Phi) is 8.70. The van der Waals surface area contributed by atoms with Crippen molar-refractivity contribution in [2.45, 2.75) is 26.3 Å². The van der Waals surface area contributed by atoms with Crippen molar-refractivity contribution in [3.8, 4) is 0 Å². The molecule has 1 aromatic carbocycles. The lowest BCUT2D eigenvalue weighted by Crippen LogP contribution is -2.47. The van der Waals surface area contributed by atoms with E-state index >= 15 is 0 Å². The van der Waals surface area contributed by atoms with Gasteiger partial charge in [0.25, 0.3) is 5.91 Å². The van der Waals surface area contributed by atoms with Gasteiger partial charge in [0, 0.05) is 11.1 Å². The molecule has 0 aliphatic rings. The first-order chi connectivity index (χ1) is 11.9. The molecule has 7 heteroatoms. The molecule has 1 amide bonds. The molecule has 0 saturated heterocycles. The maximum absolute atomic E-state index is 11.9. The Bertz CT molecular complexity index is 627. The van der Waals surface area contributed by atoms with Crippen molar-refractivity contribution in [2.75, 3.05) is 13.7 Å². The number of rotatable bonds is 8. The van der Waals surface area contributed by atoms with Crippen molar-refractivity contribution in [2.24, 2.45) is 5.92 Å². The van der Waals surface area contributed by atoms with E-state index in [9.17, 15) is 14.4 Å². The molecule has 0 bridgehead atoms. The summed E-state index contributed by atoms with van der Waals surface area (Å²) < 4.78 is 9.54. The SMILES string of the molecule is CC[C@H](C)[C@H](NC(=O)COC(=O)/C=C/c1ccc(Cl)cc1)C(=O)OC. The predicted octanol–water partition coefficient (Wildman–Crippen LogP) is 2.60. The largest absolute Gasteiger partial charge is 0.467 e. The van der Waals surface area contributed by atoms with Crippen LogP contribution in [0.1, 0.15) is 25.8 Å². The van der Waals surface area contributed by atoms with Crippen LogP contribution >= 0.6 is 11.6 Å². The van der Waals surface area contributed by atoms with E-state index in [0.717, 1.165) is 5.56 Å². The molecule has 0 heterocycles. The van der Waals surface area contributed by atoms with Crippen LogP contribution in [0.3, 0.4) is 0 Å². The molecular weight excluding hydrogens is 346 g/mol. The van der Waals surface area contributed by atoms with E-state index in [2.05, 4.69) is 10.1 Å². The molecule has 1 aromatic rings. The lowest BCUT2D eigenvalue weighted by atomic mass is 9.99. The number of carbonyl (C=O) groups excluding carboxylic acids is 3. The van der Waals surface area contributed by atoms with E-state index in [0.29, 0.717) is 11.4 Å². The third-order valence-corrected chi connectivity index (χ3v) is 3.86. The van der Waals surface area contributed by atoms with Crippen molar-refractivity contribution < 1.29 is 23.9 Å². The normalized spacial score (nSPS) is 13.1. The molecular formula is C18H22ClNO5. The molecule has 25 heavy (non-hydrogen) atoms. The van der Waals surface area contributed by atoms with E-state index in [1.807, 2.05) is 13.8 Å². The minimum atomic E-state index is -0.772. The highest BCUT2D eigenvalue weighted by molar-refractivity contribution is 6.30. The van der Waals surface area contributed by atoms with Crippen molar-refractivity contribution in [1.82, 2.24) is 5.32 Å². The van der Waals surface area contributed by atoms with Gasteiger partial charge in [-0.15, -0.1) is 0 Å². The Morgan fingerprint density at radius 1 is 1.24 bits per heavy atom. The number of nitrogens with one attached hydrogen (secondary N) is 1. The number of methoxy groups -OCH3 is 1. The highest BCUT2D eigenvalue weighted by Gasteiger charge is 2.26. The molecule has 0 fully saturated rings. The van der Waals surface area contributed by atoms with Gasteiger partial charge in [0.1, 0.15) is 6.04 Å². The number of amides is 1. The fourth-order valence-corrected chi connectivity index (χ4v) is 2.06. The number of ether oxygens (including phenoxy) is 2. The lowest BCUT2D eigenvalue weighted by molar-refractivity contribution is -0.148. The molecule has 1 rings (SSSR count). The molecule has 0 unspecified atom stereocenters. The number of hydrogen-bond acceptors (Lipinski definition) is 5. The number of carbonyl (C=O) groups is 3. The van der Waals surface area contributed by atoms with Gasteiger partial charge in [0.2, 0.25) is 0 Å². The Morgan fingerprint density at radius 2 is 1.88 bits per heavy atom. The summed E-state index contributed by atoms with van der Waals surface area (Å²) in [6.07, 6.45) is 3.44. The second-order valence-corrected chi connectivity index (χ2v) is 5.88. The molecule has 6 nitrogen and oxygen atoms in total. The Hall–Kier alpha value is -2.34. The van der Waals surface area contributed by atoms with Gasteiger partial charge in [-0.1, -0.05) is 44.0 Å². The van der Waals surface area contributed by atoms with Crippen LogP contribution in [0.2, 0.25) is 5.02 Å². The van der Waals surface area contributed by atoms with E-state index in [-0.39, 0.29) is 5.92 Å². The topological polar surface area (TPSA) is 81.7 Å². The molecule has 0 aliphatic heterocycles. The smallest absolute Gasteiger partial charge is 0.331 e. The van der Waals surface area contributed by atoms with E-state index in [4.69, 9.17) is 16.3 Å². The monoisotopic (exact) mass is 367 g/mol. The Morgan fingerprint density at radius 3 is 2.44 bits per heavy atom. The minimum Gasteiger partial charge on any atom is -0.467 e. The molecule has 0 aliphatic carbocycles. The van der Waals surface area contributed by atoms with Crippen molar-refractivity contribution in [1.29, 1.82) is 0 Å². The van der Waals surface area contributed by atoms with Crippen LogP contribution in [0.25, 0.3) is 6.08 Å². The molecule has 1 N–H and O–H groups in total. The summed E-state index contributed by atoms with van der Waals surface area (Å²) >= 11 is 5.77. The van der Waals surface area contributed by atoms with Gasteiger partial charge in [0.05, 0.1) is 7.11 Å². The van der Waals surface area contributed by atoms with Crippen molar-refractivity contribution in [3.05, 3.63) is 40.9 Å². The van der Waals surface area contributed by atoms with Crippen LogP contribution in [-0.2, 0) is 23.9 Å². The molecule has 0 radical (unpaired) electrons. The van der Waals surface area contributed by atoms with Gasteiger partial charge in [-0.3, -0.25) is 4.79 Å². The fourth-order valence-electron chi connectivity index (χ4n) is 1.93. The minimum absolute atomic E-state index is 0.100. The summed E-state index contributed by atoms with van der Waals surface area (Å²) in [5.41, 5.74) is 0.772. The summed E-state index contributed by atoms with van der Waals surface area (Å²) in [4.78, 5) is 35.2. The van der Waals surface area contributed by atoms with E-state index < -0.39 is 30.5 Å². The average Bonchev–Trinajstić information content (AvgIpc) is 2.62. The second-order valence-electron chi connectivity index (χ2n) is 5.45. The summed E-state index contributed by atoms with van der Waals surface area (Å²) in [6, 6.07) is 6.10. The number of benzene rings is 1. The lowest BCUT2D eigenvalue weighted by Gasteiger charge is -2.21. The van der Waals surface area contributed by atoms with Crippen LogP contribution in [0.4, 0.5) is 0 Å². The van der Waals surface area contributed by atoms with Gasteiger partial charge >= 0.3 is 11.9 Å². The maximum Gasteiger partial charge on any atom is 0.331 e. The van der Waals surface area contributed by atoms with Crippen LogP contribution in [-0.4, -0.2) is 37.6 Å². The van der Waals surface area contributed by atoms with Gasteiger partial charge in [0.15, 0.2) is 6.61 Å². The first-order valence-electron chi connectivity index (χ1n) is 7.85. The Balaban J connectivity index is 2.50. The third-order valence-electron chi connectivity index (χ3n) is 3.61. The van der Waals surface area contributed by atoms with Crippen molar-refractivity contribution >= 4 is 35.5 Å². The molecule has 0 spiro atoms. The number of esters is 2. The van der Waals surface area contributed by atoms with Crippen LogP contribution in [0.15, 0.2) is 30.3 Å². The molecule has 2 atom stereocenters. The highest BCUT2D eigenvalue weighted by Crippen LogP contribution is 2.11. The first kappa shape index (κ1) is 20.7. The predicted molar refractivity (Wildman–Crippen MR) is 94.8 cm³/mol. The summed E-state index contributed by atoms with van der Waals surface area (Å²) in [5.74, 6) is -1.86. The number of hydrogen-bond donors (Lipinski definition) is 1. The van der Waals surface area contributed by atoms with Gasteiger partial charge in [-0.2, -0.15) is 0 Å². The maximum atomic E-state index is 11.9. The summed E-state index contributed by atoms with van der Waals surface area (Å²) in [7, 11) is 1.26. The zero-order valence-corrected chi connectivity index (χ0v) is 15.2. The van der Waals surface area contributed by atoms with Gasteiger partial charge < -0.3 is 14.8 Å². The summed E-state index contributed by atoms with van der Waals surface area (Å²) in [6.45, 7) is 3.24. The zero-order chi connectivity index (χ0) is 18.8. The van der Waals surface area contributed by atoms with Crippen LogP contribution in [0.5, 0.6) is 0 Å². The molecule has 0 saturated carbocycles. The van der Waals surface area contributed by atoms with E-state index in [1.54, 1.807) is 30.3 Å². The zero-order valence-electron chi connectivity index (χ0n) is 14.5. The first-order valence-corrected chi connectivity index (χ1v) is 8.22. The summed E-state index contributed by atoms with van der Waals surface area (Å²) in [5, 5.41) is 3.12. The van der Waals surface area contributed by atoms with Gasteiger partial charge in [-0.05, 0) is 29.7 Å². The quantitative estimate of drug-likeness (QED) is 0.564. The van der Waals surface area contributed by atoms with Crippen LogP contribution in [0, 0.1) is 5.92 Å². The standard InChI is InChI=1S/C18H22ClNO5/c1-4-12(2)17(18(23)24-3)20-15(21)11-25-16(22)10-7-13-5-8-14(19)9-6-13/h5-10,12,17H,4,11H2,1-3H3,(H,20,21)/b10-7+/t12-,17-/m0/s1. The number of halogens is 1. The molecule has 136 valence electrons. The van der Waals surface area contributed by atoms with Crippen LogP contribution < -0.4 is 5.32 Å². The highest BCUT2D eigenvalue weighted by atomic mass is 35.5. The van der Waals surface area contributed by atoms with E-state index in [1.165, 1.54) is 13.2 Å². The Labute approximate surface area is 152 Å². The fraction of sp³-hybridized carbons (Fsp3) is 0.389. The average molecular weight is 368 g/mol. The second kappa shape index (κ2) is 10.5. The van der Waals surface area contributed by atoms with Gasteiger partial charge in [-0.25, -0.2) is 9.59 Å². The molecule has 0 aromatic heterocycles. The third kappa shape index (κ3) is 7.39.